The molecular weight excluding hydrogens is 342 g/mol. The van der Waals surface area contributed by atoms with Gasteiger partial charge in [0.05, 0.1) is 13.2 Å². The van der Waals surface area contributed by atoms with Crippen molar-refractivity contribution in [1.82, 2.24) is 5.32 Å². The molecule has 1 N–H and O–H groups in total. The highest BCUT2D eigenvalue weighted by Crippen LogP contribution is 2.29. The van der Waals surface area contributed by atoms with Crippen LogP contribution in [0.1, 0.15) is 28.9 Å². The van der Waals surface area contributed by atoms with Crippen LogP contribution < -0.4 is 14.8 Å². The summed E-state index contributed by atoms with van der Waals surface area (Å²) in [7, 11) is 1.24. The van der Waals surface area contributed by atoms with Gasteiger partial charge in [-0.2, -0.15) is 8.78 Å². The van der Waals surface area contributed by atoms with Gasteiger partial charge in [-0.1, -0.05) is 0 Å². The Morgan fingerprint density at radius 3 is 2.44 bits per heavy atom. The second-order valence-electron chi connectivity index (χ2n) is 5.11. The van der Waals surface area contributed by atoms with Crippen LogP contribution in [-0.2, 0) is 0 Å². The second kappa shape index (κ2) is 7.87. The maximum absolute atomic E-state index is 13.7. The van der Waals surface area contributed by atoms with Gasteiger partial charge >= 0.3 is 6.61 Å². The number of carbonyl (C=O) groups excluding carboxylic acids is 1. The highest BCUT2D eigenvalue weighted by atomic mass is 19.3. The first kappa shape index (κ1) is 18.6. The van der Waals surface area contributed by atoms with Crippen LogP contribution in [-0.4, -0.2) is 19.6 Å². The number of nitrogens with one attached hydrogen (secondary N) is 1. The molecule has 0 aliphatic heterocycles. The van der Waals surface area contributed by atoms with Crippen molar-refractivity contribution < 1.29 is 31.8 Å². The van der Waals surface area contributed by atoms with Gasteiger partial charge in [0, 0.05) is 11.1 Å². The van der Waals surface area contributed by atoms with Crippen molar-refractivity contribution in [1.29, 1.82) is 0 Å². The Balaban J connectivity index is 2.18. The van der Waals surface area contributed by atoms with Gasteiger partial charge in [0.2, 0.25) is 0 Å². The molecule has 0 aromatic heterocycles. The number of hydrogen-bond donors (Lipinski definition) is 1. The lowest BCUT2D eigenvalue weighted by Gasteiger charge is -2.16. The lowest BCUT2D eigenvalue weighted by Crippen LogP contribution is -2.27. The summed E-state index contributed by atoms with van der Waals surface area (Å²) < 4.78 is 60.8. The van der Waals surface area contributed by atoms with E-state index in [-0.39, 0.29) is 22.6 Å². The van der Waals surface area contributed by atoms with Gasteiger partial charge in [0.15, 0.2) is 11.5 Å². The summed E-state index contributed by atoms with van der Waals surface area (Å²) in [6.07, 6.45) is 0. The number of halogens is 4. The van der Waals surface area contributed by atoms with E-state index in [1.54, 1.807) is 0 Å². The lowest BCUT2D eigenvalue weighted by atomic mass is 10.1. The number of hydrogen-bond acceptors (Lipinski definition) is 3. The molecule has 4 nitrogen and oxygen atoms in total. The first-order chi connectivity index (χ1) is 11.8. The third-order valence-electron chi connectivity index (χ3n) is 3.41. The molecule has 0 heterocycles. The van der Waals surface area contributed by atoms with Crippen LogP contribution in [0.5, 0.6) is 11.5 Å². The van der Waals surface area contributed by atoms with E-state index >= 15 is 0 Å². The summed E-state index contributed by atoms with van der Waals surface area (Å²) in [5.41, 5.74) is 0.0695. The Labute approximate surface area is 141 Å². The average molecular weight is 357 g/mol. The summed E-state index contributed by atoms with van der Waals surface area (Å²) in [4.78, 5) is 12.3. The molecule has 0 aliphatic carbocycles. The highest BCUT2D eigenvalue weighted by Gasteiger charge is 2.18. The number of rotatable bonds is 6. The largest absolute Gasteiger partial charge is 0.493 e. The predicted octanol–water partition coefficient (Wildman–Crippen LogP) is 4.07. The normalized spacial score (nSPS) is 12.0. The SMILES string of the molecule is COc1cc(C(=O)NC(C)c2cc(F)ccc2F)ccc1OC(F)F. The molecule has 0 saturated heterocycles. The van der Waals surface area contributed by atoms with Crippen LogP contribution >= 0.6 is 0 Å². The average Bonchev–Trinajstić information content (AvgIpc) is 2.56. The fourth-order valence-corrected chi connectivity index (χ4v) is 2.21. The second-order valence-corrected chi connectivity index (χ2v) is 5.11. The minimum Gasteiger partial charge on any atom is -0.493 e. The van der Waals surface area contributed by atoms with Crippen LogP contribution in [0.2, 0.25) is 0 Å². The van der Waals surface area contributed by atoms with Crippen molar-refractivity contribution in [2.75, 3.05) is 7.11 Å². The standard InChI is InChI=1S/C17H15F4NO3/c1-9(12-8-11(18)4-5-13(12)19)22-16(23)10-3-6-14(25-17(20)21)15(7-10)24-2/h3-9,17H,1-2H3,(H,22,23). The zero-order chi connectivity index (χ0) is 18.6. The topological polar surface area (TPSA) is 47.6 Å². The molecule has 0 bridgehead atoms. The van der Waals surface area contributed by atoms with Crippen molar-refractivity contribution in [3.63, 3.8) is 0 Å². The van der Waals surface area contributed by atoms with E-state index in [0.717, 1.165) is 24.3 Å². The van der Waals surface area contributed by atoms with Crippen LogP contribution in [0.3, 0.4) is 0 Å². The maximum atomic E-state index is 13.7. The Morgan fingerprint density at radius 1 is 1.08 bits per heavy atom. The maximum Gasteiger partial charge on any atom is 0.387 e. The summed E-state index contributed by atoms with van der Waals surface area (Å²) in [5, 5.41) is 2.50. The van der Waals surface area contributed by atoms with Crippen LogP contribution in [0.15, 0.2) is 36.4 Å². The van der Waals surface area contributed by atoms with E-state index in [2.05, 4.69) is 10.1 Å². The van der Waals surface area contributed by atoms with E-state index in [1.807, 2.05) is 0 Å². The molecular formula is C17H15F4NO3. The van der Waals surface area contributed by atoms with Gasteiger partial charge in [-0.05, 0) is 43.3 Å². The number of amides is 1. The Hall–Kier alpha value is -2.77. The third kappa shape index (κ3) is 4.62. The van der Waals surface area contributed by atoms with Crippen LogP contribution in [0.4, 0.5) is 17.6 Å². The van der Waals surface area contributed by atoms with E-state index in [1.165, 1.54) is 26.2 Å². The van der Waals surface area contributed by atoms with Crippen molar-refractivity contribution in [2.24, 2.45) is 0 Å². The molecule has 0 fully saturated rings. The molecule has 0 saturated carbocycles. The summed E-state index contributed by atoms with van der Waals surface area (Å²) in [6.45, 7) is -1.55. The minimum absolute atomic E-state index is 0.0158. The molecule has 2 aromatic rings. The predicted molar refractivity (Wildman–Crippen MR) is 81.9 cm³/mol. The molecule has 134 valence electrons. The van der Waals surface area contributed by atoms with Crippen molar-refractivity contribution in [3.05, 3.63) is 59.2 Å². The lowest BCUT2D eigenvalue weighted by molar-refractivity contribution is -0.0512. The van der Waals surface area contributed by atoms with Gasteiger partial charge in [-0.25, -0.2) is 8.78 Å². The molecule has 2 rings (SSSR count). The first-order valence-electron chi connectivity index (χ1n) is 7.20. The molecule has 8 heteroatoms. The Kier molecular flexibility index (Phi) is 5.84. The van der Waals surface area contributed by atoms with Crippen molar-refractivity contribution in [3.8, 4) is 11.5 Å². The van der Waals surface area contributed by atoms with E-state index in [9.17, 15) is 22.4 Å². The molecule has 1 unspecified atom stereocenters. The number of carbonyl (C=O) groups is 1. The third-order valence-corrected chi connectivity index (χ3v) is 3.41. The van der Waals surface area contributed by atoms with Gasteiger partial charge in [-0.15, -0.1) is 0 Å². The fraction of sp³-hybridized carbons (Fsp3) is 0.235. The zero-order valence-corrected chi connectivity index (χ0v) is 13.4. The van der Waals surface area contributed by atoms with E-state index < -0.39 is 30.2 Å². The Bertz CT molecular complexity index is 768. The molecule has 1 atom stereocenters. The number of methoxy groups -OCH3 is 1. The number of ether oxygens (including phenoxy) is 2. The highest BCUT2D eigenvalue weighted by molar-refractivity contribution is 5.95. The molecule has 0 spiro atoms. The monoisotopic (exact) mass is 357 g/mol. The number of benzene rings is 2. The smallest absolute Gasteiger partial charge is 0.387 e. The molecule has 25 heavy (non-hydrogen) atoms. The molecule has 0 aliphatic rings. The summed E-state index contributed by atoms with van der Waals surface area (Å²) in [5.74, 6) is -2.19. The summed E-state index contributed by atoms with van der Waals surface area (Å²) >= 11 is 0. The molecule has 0 radical (unpaired) electrons. The van der Waals surface area contributed by atoms with Gasteiger partial charge in [0.1, 0.15) is 11.6 Å². The van der Waals surface area contributed by atoms with Crippen LogP contribution in [0.25, 0.3) is 0 Å². The zero-order valence-electron chi connectivity index (χ0n) is 13.4. The first-order valence-corrected chi connectivity index (χ1v) is 7.20. The van der Waals surface area contributed by atoms with E-state index in [4.69, 9.17) is 4.74 Å². The molecule has 2 aromatic carbocycles. The Morgan fingerprint density at radius 2 is 1.80 bits per heavy atom. The quantitative estimate of drug-likeness (QED) is 0.793. The van der Waals surface area contributed by atoms with E-state index in [0.29, 0.717) is 0 Å². The number of alkyl halides is 2. The van der Waals surface area contributed by atoms with Gasteiger partial charge in [-0.3, -0.25) is 4.79 Å². The van der Waals surface area contributed by atoms with Gasteiger partial charge < -0.3 is 14.8 Å². The van der Waals surface area contributed by atoms with Crippen LogP contribution in [0, 0.1) is 11.6 Å². The molecule has 1 amide bonds. The van der Waals surface area contributed by atoms with Gasteiger partial charge in [0.25, 0.3) is 5.91 Å². The minimum atomic E-state index is -3.04. The van der Waals surface area contributed by atoms with Crippen molar-refractivity contribution in [2.45, 2.75) is 19.6 Å². The fourth-order valence-electron chi connectivity index (χ4n) is 2.21. The summed E-state index contributed by atoms with van der Waals surface area (Å²) in [6, 6.07) is 5.73. The van der Waals surface area contributed by atoms with Crippen molar-refractivity contribution >= 4 is 5.91 Å².